The Morgan fingerprint density at radius 2 is 1.64 bits per heavy atom. The van der Waals surface area contributed by atoms with Crippen molar-refractivity contribution in [3.63, 3.8) is 0 Å². The lowest BCUT2D eigenvalue weighted by Crippen LogP contribution is -2.53. The van der Waals surface area contributed by atoms with Crippen molar-refractivity contribution in [2.45, 2.75) is 35.4 Å². The molecule has 3 heterocycles. The van der Waals surface area contributed by atoms with Crippen LogP contribution >= 0.6 is 0 Å². The van der Waals surface area contributed by atoms with Crippen LogP contribution in [0.4, 0.5) is 8.78 Å². The molecule has 8 nitrogen and oxygen atoms in total. The molecule has 0 radical (unpaired) electrons. The smallest absolute Gasteiger partial charge is 0.254 e. The zero-order valence-electron chi connectivity index (χ0n) is 25.8. The SMILES string of the molecule is COc1cc(C(=O)N2CCO[C@](CCN3CCC4(CC3)c3ccccc3CS4=O)(c3ccc(F)c(F)c3)C2)cc(OC)c1OC. The quantitative estimate of drug-likeness (QED) is 0.343. The third-order valence-corrected chi connectivity index (χ3v) is 11.6. The number of amides is 1. The van der Waals surface area contributed by atoms with Crippen molar-refractivity contribution in [1.82, 2.24) is 9.80 Å². The molecule has 1 amide bonds. The highest BCUT2D eigenvalue weighted by Gasteiger charge is 2.47. The Morgan fingerprint density at radius 3 is 2.31 bits per heavy atom. The first-order valence-corrected chi connectivity index (χ1v) is 16.4. The number of carbonyl (C=O) groups excluding carboxylic acids is 1. The Hall–Kier alpha value is -3.54. The van der Waals surface area contributed by atoms with Crippen LogP contribution in [0.5, 0.6) is 17.2 Å². The minimum atomic E-state index is -1.07. The second kappa shape index (κ2) is 12.7. The number of methoxy groups -OCH3 is 3. The zero-order valence-corrected chi connectivity index (χ0v) is 26.6. The average Bonchev–Trinajstić information content (AvgIpc) is 3.34. The molecule has 1 spiro atoms. The highest BCUT2D eigenvalue weighted by molar-refractivity contribution is 7.85. The molecule has 0 aliphatic carbocycles. The average molecular weight is 641 g/mol. The van der Waals surface area contributed by atoms with Gasteiger partial charge in [0.1, 0.15) is 5.60 Å². The van der Waals surface area contributed by atoms with E-state index < -0.39 is 28.0 Å². The van der Waals surface area contributed by atoms with Gasteiger partial charge in [-0.25, -0.2) is 8.78 Å². The Kier molecular flexibility index (Phi) is 8.87. The van der Waals surface area contributed by atoms with Crippen LogP contribution in [0, 0.1) is 11.6 Å². The van der Waals surface area contributed by atoms with E-state index in [-0.39, 0.29) is 23.8 Å². The summed E-state index contributed by atoms with van der Waals surface area (Å²) in [5, 5.41) is 0. The maximum atomic E-state index is 14.6. The molecule has 0 bridgehead atoms. The molecule has 240 valence electrons. The third-order valence-electron chi connectivity index (χ3n) is 9.56. The Balaban J connectivity index is 1.23. The van der Waals surface area contributed by atoms with Crippen LogP contribution in [0.15, 0.2) is 54.6 Å². The summed E-state index contributed by atoms with van der Waals surface area (Å²) in [6.45, 7) is 2.79. The number of likely N-dealkylation sites (tertiary alicyclic amines) is 1. The van der Waals surface area contributed by atoms with Gasteiger partial charge in [0.2, 0.25) is 5.75 Å². The molecule has 0 aromatic heterocycles. The molecule has 2 atom stereocenters. The van der Waals surface area contributed by atoms with Gasteiger partial charge in [0.05, 0.1) is 39.2 Å². The van der Waals surface area contributed by atoms with Crippen LogP contribution < -0.4 is 14.2 Å². The van der Waals surface area contributed by atoms with Crippen LogP contribution in [-0.4, -0.2) is 80.6 Å². The highest BCUT2D eigenvalue weighted by Crippen LogP contribution is 2.47. The van der Waals surface area contributed by atoms with Gasteiger partial charge >= 0.3 is 0 Å². The Labute approximate surface area is 264 Å². The van der Waals surface area contributed by atoms with Crippen LogP contribution in [0.3, 0.4) is 0 Å². The lowest BCUT2D eigenvalue weighted by Gasteiger charge is -2.45. The summed E-state index contributed by atoms with van der Waals surface area (Å²) in [5.41, 5.74) is 2.13. The standard InChI is InChI=1S/C34H38F2N2O6S/c1-41-29-18-24(19-30(42-2)31(29)43-3)32(39)38-16-17-44-33(22-38,25-8-9-27(35)28(36)20-25)10-13-37-14-11-34(12-15-37)26-7-5-4-6-23(26)21-45(34)40/h4-9,18-20H,10-17,21-22H2,1-3H3/t33-,45?/m0/s1. The molecule has 0 N–H and O–H groups in total. The van der Waals surface area contributed by atoms with Crippen LogP contribution in [-0.2, 0) is 31.6 Å². The van der Waals surface area contributed by atoms with Gasteiger partial charge in [-0.05, 0) is 73.3 Å². The van der Waals surface area contributed by atoms with Crippen LogP contribution in [0.1, 0.15) is 46.3 Å². The molecular weight excluding hydrogens is 602 g/mol. The third kappa shape index (κ3) is 5.70. The van der Waals surface area contributed by atoms with E-state index in [0.29, 0.717) is 53.6 Å². The Bertz CT molecular complexity index is 1590. The molecule has 0 saturated carbocycles. The summed E-state index contributed by atoms with van der Waals surface area (Å²) in [6, 6.07) is 15.2. The number of hydrogen-bond acceptors (Lipinski definition) is 7. The van der Waals surface area contributed by atoms with E-state index in [4.69, 9.17) is 18.9 Å². The number of halogens is 2. The first kappa shape index (κ1) is 31.4. The second-order valence-electron chi connectivity index (χ2n) is 11.8. The molecule has 11 heteroatoms. The van der Waals surface area contributed by atoms with E-state index in [1.54, 1.807) is 17.0 Å². The maximum absolute atomic E-state index is 14.6. The normalized spacial score (nSPS) is 22.7. The number of fused-ring (bicyclic) bond motifs is 2. The molecule has 45 heavy (non-hydrogen) atoms. The lowest BCUT2D eigenvalue weighted by molar-refractivity contribution is -0.113. The van der Waals surface area contributed by atoms with Gasteiger partial charge in [-0.1, -0.05) is 30.3 Å². The van der Waals surface area contributed by atoms with Crippen molar-refractivity contribution in [3.05, 3.63) is 88.5 Å². The van der Waals surface area contributed by atoms with Crippen molar-refractivity contribution < 1.29 is 36.7 Å². The molecule has 2 fully saturated rings. The minimum absolute atomic E-state index is 0.142. The minimum Gasteiger partial charge on any atom is -0.493 e. The largest absolute Gasteiger partial charge is 0.493 e. The fourth-order valence-electron chi connectivity index (χ4n) is 7.06. The van der Waals surface area contributed by atoms with Gasteiger partial charge in [0.15, 0.2) is 23.1 Å². The predicted octanol–water partition coefficient (Wildman–Crippen LogP) is 5.00. The fourth-order valence-corrected chi connectivity index (χ4v) is 8.95. The summed E-state index contributed by atoms with van der Waals surface area (Å²) >= 11 is 0. The van der Waals surface area contributed by atoms with E-state index in [2.05, 4.69) is 17.0 Å². The number of nitrogens with zero attached hydrogens (tertiary/aromatic N) is 2. The summed E-state index contributed by atoms with van der Waals surface area (Å²) < 4.78 is 64.3. The predicted molar refractivity (Wildman–Crippen MR) is 166 cm³/mol. The maximum Gasteiger partial charge on any atom is 0.254 e. The van der Waals surface area contributed by atoms with E-state index in [0.717, 1.165) is 32.0 Å². The Morgan fingerprint density at radius 1 is 0.933 bits per heavy atom. The number of morpholine rings is 1. The van der Waals surface area contributed by atoms with Crippen molar-refractivity contribution in [1.29, 1.82) is 0 Å². The van der Waals surface area contributed by atoms with E-state index in [1.165, 1.54) is 44.6 Å². The first-order valence-electron chi connectivity index (χ1n) is 15.1. The van der Waals surface area contributed by atoms with Crippen LogP contribution in [0.2, 0.25) is 0 Å². The molecule has 1 unspecified atom stereocenters. The monoisotopic (exact) mass is 640 g/mol. The van der Waals surface area contributed by atoms with Crippen LogP contribution in [0.25, 0.3) is 0 Å². The number of ether oxygens (including phenoxy) is 4. The van der Waals surface area contributed by atoms with Gasteiger partial charge in [0.25, 0.3) is 5.91 Å². The van der Waals surface area contributed by atoms with E-state index in [1.807, 2.05) is 12.1 Å². The lowest BCUT2D eigenvalue weighted by atomic mass is 9.85. The summed E-state index contributed by atoms with van der Waals surface area (Å²) in [6.07, 6.45) is 2.01. The number of carbonyl (C=O) groups is 1. The fraction of sp³-hybridized carbons (Fsp3) is 0.441. The van der Waals surface area contributed by atoms with Crippen molar-refractivity contribution in [2.75, 3.05) is 60.7 Å². The molecule has 3 aliphatic heterocycles. The van der Waals surface area contributed by atoms with Crippen molar-refractivity contribution in [2.24, 2.45) is 0 Å². The topological polar surface area (TPSA) is 77.5 Å². The number of rotatable bonds is 8. The number of piperidine rings is 1. The number of benzene rings is 3. The van der Waals surface area contributed by atoms with Crippen molar-refractivity contribution in [3.8, 4) is 17.2 Å². The summed E-state index contributed by atoms with van der Waals surface area (Å²) in [4.78, 5) is 17.9. The molecule has 3 aromatic rings. The van der Waals surface area contributed by atoms with E-state index >= 15 is 0 Å². The van der Waals surface area contributed by atoms with Gasteiger partial charge in [-0.15, -0.1) is 0 Å². The van der Waals surface area contributed by atoms with Gasteiger partial charge in [-0.3, -0.25) is 9.00 Å². The van der Waals surface area contributed by atoms with Gasteiger partial charge < -0.3 is 28.7 Å². The molecule has 3 aliphatic rings. The van der Waals surface area contributed by atoms with Crippen molar-refractivity contribution >= 4 is 16.7 Å². The highest BCUT2D eigenvalue weighted by atomic mass is 32.2. The number of hydrogen-bond donors (Lipinski definition) is 0. The van der Waals surface area contributed by atoms with Gasteiger partial charge in [-0.2, -0.15) is 0 Å². The first-order chi connectivity index (χ1) is 21.7. The van der Waals surface area contributed by atoms with Gasteiger partial charge in [0, 0.05) is 35.2 Å². The molecule has 3 aromatic carbocycles. The van der Waals surface area contributed by atoms with E-state index in [9.17, 15) is 17.8 Å². The molecule has 2 saturated heterocycles. The summed E-state index contributed by atoms with van der Waals surface area (Å²) in [5.74, 6) is -0.496. The molecular formula is C34H38F2N2O6S. The zero-order chi connectivity index (χ0) is 31.8. The second-order valence-corrected chi connectivity index (χ2v) is 13.6. The summed E-state index contributed by atoms with van der Waals surface area (Å²) in [7, 11) is 3.50. The molecule has 6 rings (SSSR count).